The summed E-state index contributed by atoms with van der Waals surface area (Å²) in [6.45, 7) is 16.0. The lowest BCUT2D eigenvalue weighted by atomic mass is 10.0. The van der Waals surface area contributed by atoms with E-state index in [9.17, 15) is 4.79 Å². The van der Waals surface area contributed by atoms with Gasteiger partial charge in [0, 0.05) is 11.7 Å². The molecule has 1 amide bonds. The van der Waals surface area contributed by atoms with Gasteiger partial charge in [-0.3, -0.25) is 4.79 Å². The Balaban J connectivity index is 0.000000519. The largest absolute Gasteiger partial charge is 0.329 e. The van der Waals surface area contributed by atoms with Gasteiger partial charge in [0.25, 0.3) is 0 Å². The maximum Gasteiger partial charge on any atom is 0.211 e. The summed E-state index contributed by atoms with van der Waals surface area (Å²) in [5, 5.41) is 5.99. The number of hydrogen-bond donors (Lipinski definition) is 2. The second-order valence-electron chi connectivity index (χ2n) is 7.18. The normalized spacial score (nSPS) is 14.0. The maximum atomic E-state index is 9.86. The Labute approximate surface area is 168 Å². The third-order valence-electron chi connectivity index (χ3n) is 4.56. The molecule has 0 spiro atoms. The van der Waals surface area contributed by atoms with Crippen molar-refractivity contribution in [2.75, 3.05) is 31.5 Å². The summed E-state index contributed by atoms with van der Waals surface area (Å²) in [5.74, 6) is 0.858. The number of anilines is 1. The van der Waals surface area contributed by atoms with E-state index in [1.807, 2.05) is 44.2 Å². The first-order chi connectivity index (χ1) is 13.2. The van der Waals surface area contributed by atoms with Gasteiger partial charge in [-0.1, -0.05) is 52.8 Å². The molecule has 2 rings (SSSR count). The van der Waals surface area contributed by atoms with E-state index in [2.05, 4.69) is 36.3 Å². The summed E-state index contributed by atoms with van der Waals surface area (Å²) >= 11 is 0. The monoisotopic (exact) mass is 377 g/mol. The molecule has 1 aliphatic heterocycles. The van der Waals surface area contributed by atoms with E-state index >= 15 is 0 Å². The minimum atomic E-state index is 0.662. The lowest BCUT2D eigenvalue weighted by Crippen LogP contribution is -2.43. The van der Waals surface area contributed by atoms with Crippen LogP contribution >= 0.6 is 0 Å². The number of nitrogens with zero attached hydrogens (tertiary/aromatic N) is 1. The summed E-state index contributed by atoms with van der Waals surface area (Å²) in [4.78, 5) is 12.6. The van der Waals surface area contributed by atoms with E-state index in [0.29, 0.717) is 6.41 Å². The first kappa shape index (κ1) is 25.6. The van der Waals surface area contributed by atoms with Crippen molar-refractivity contribution in [1.82, 2.24) is 10.2 Å². The van der Waals surface area contributed by atoms with Crippen LogP contribution in [0, 0.1) is 5.92 Å². The lowest BCUT2D eigenvalue weighted by molar-refractivity contribution is -0.105. The molecule has 1 saturated heterocycles. The molecule has 0 aromatic heterocycles. The molecule has 2 N–H and O–H groups in total. The molecule has 1 fully saturated rings. The zero-order valence-electron chi connectivity index (χ0n) is 18.3. The molecule has 1 aromatic carbocycles. The van der Waals surface area contributed by atoms with Crippen LogP contribution in [0.25, 0.3) is 0 Å². The van der Waals surface area contributed by atoms with Crippen molar-refractivity contribution in [3.63, 3.8) is 0 Å². The summed E-state index contributed by atoms with van der Waals surface area (Å²) in [7, 11) is 0. The van der Waals surface area contributed by atoms with Gasteiger partial charge in [-0.15, -0.1) is 0 Å². The minimum absolute atomic E-state index is 0.662. The minimum Gasteiger partial charge on any atom is -0.329 e. The molecular formula is C23H43N3O. The zero-order chi connectivity index (χ0) is 20.3. The first-order valence-corrected chi connectivity index (χ1v) is 10.9. The molecule has 0 atom stereocenters. The van der Waals surface area contributed by atoms with Crippen molar-refractivity contribution < 1.29 is 4.79 Å². The number of carbonyl (C=O) groups is 1. The maximum absolute atomic E-state index is 9.86. The van der Waals surface area contributed by atoms with E-state index in [4.69, 9.17) is 0 Å². The average Bonchev–Trinajstić information content (AvgIpc) is 2.71. The highest BCUT2D eigenvalue weighted by atomic mass is 16.1. The fraction of sp³-hybridized carbons (Fsp3) is 0.696. The number of carbonyl (C=O) groups excluding carboxylic acids is 1. The van der Waals surface area contributed by atoms with Gasteiger partial charge in [0.2, 0.25) is 6.41 Å². The predicted octanol–water partition coefficient (Wildman–Crippen LogP) is 5.17. The van der Waals surface area contributed by atoms with E-state index in [1.165, 1.54) is 58.3 Å². The van der Waals surface area contributed by atoms with Crippen LogP contribution in [-0.4, -0.2) is 43.5 Å². The van der Waals surface area contributed by atoms with Crippen molar-refractivity contribution in [2.45, 2.75) is 72.8 Å². The highest BCUT2D eigenvalue weighted by molar-refractivity contribution is 5.70. The molecule has 4 heteroatoms. The molecule has 4 nitrogen and oxygen atoms in total. The van der Waals surface area contributed by atoms with Crippen molar-refractivity contribution in [2.24, 2.45) is 5.92 Å². The number of para-hydroxylation sites is 1. The molecule has 0 unspecified atom stereocenters. The van der Waals surface area contributed by atoms with Crippen LogP contribution in [0.2, 0.25) is 0 Å². The summed E-state index contributed by atoms with van der Waals surface area (Å²) in [6.07, 6.45) is 7.41. The van der Waals surface area contributed by atoms with E-state index < -0.39 is 0 Å². The number of rotatable bonds is 9. The molecule has 0 radical (unpaired) electrons. The molecule has 156 valence electrons. The Morgan fingerprint density at radius 2 is 1.78 bits per heavy atom. The Bertz CT molecular complexity index is 431. The highest BCUT2D eigenvalue weighted by Crippen LogP contribution is 2.14. The number of amides is 1. The second-order valence-corrected chi connectivity index (χ2v) is 7.18. The average molecular weight is 378 g/mol. The molecule has 1 aliphatic rings. The van der Waals surface area contributed by atoms with Gasteiger partial charge in [-0.25, -0.2) is 0 Å². The summed E-state index contributed by atoms with van der Waals surface area (Å²) in [6, 6.07) is 10.1. The zero-order valence-corrected chi connectivity index (χ0v) is 18.3. The van der Waals surface area contributed by atoms with E-state index in [-0.39, 0.29) is 0 Å². The van der Waals surface area contributed by atoms with Crippen LogP contribution < -0.4 is 10.6 Å². The van der Waals surface area contributed by atoms with Gasteiger partial charge in [0.05, 0.1) is 0 Å². The Hall–Kier alpha value is -1.39. The van der Waals surface area contributed by atoms with E-state index in [0.717, 1.165) is 17.6 Å². The first-order valence-electron chi connectivity index (χ1n) is 10.9. The number of benzene rings is 1. The van der Waals surface area contributed by atoms with Crippen LogP contribution in [0.1, 0.15) is 66.7 Å². The molecular weight excluding hydrogens is 334 g/mol. The lowest BCUT2D eigenvalue weighted by Gasteiger charge is -2.34. The summed E-state index contributed by atoms with van der Waals surface area (Å²) in [5.41, 5.74) is 0.826. The van der Waals surface area contributed by atoms with Crippen LogP contribution in [0.4, 0.5) is 5.69 Å². The topological polar surface area (TPSA) is 44.4 Å². The second kappa shape index (κ2) is 18.0. The molecule has 1 aromatic rings. The van der Waals surface area contributed by atoms with Crippen molar-refractivity contribution >= 4 is 12.1 Å². The number of nitrogens with one attached hydrogen (secondary N) is 2. The number of hydrogen-bond acceptors (Lipinski definition) is 3. The van der Waals surface area contributed by atoms with Crippen molar-refractivity contribution in [3.05, 3.63) is 30.3 Å². The van der Waals surface area contributed by atoms with Gasteiger partial charge in [-0.2, -0.15) is 0 Å². The third-order valence-corrected chi connectivity index (χ3v) is 4.56. The predicted molar refractivity (Wildman–Crippen MR) is 119 cm³/mol. The van der Waals surface area contributed by atoms with Crippen LogP contribution in [0.5, 0.6) is 0 Å². The van der Waals surface area contributed by atoms with Crippen LogP contribution in [0.15, 0.2) is 30.3 Å². The van der Waals surface area contributed by atoms with Gasteiger partial charge in [0.1, 0.15) is 0 Å². The van der Waals surface area contributed by atoms with Crippen molar-refractivity contribution in [3.8, 4) is 0 Å². The Morgan fingerprint density at radius 3 is 2.30 bits per heavy atom. The fourth-order valence-corrected chi connectivity index (χ4v) is 3.24. The fourth-order valence-electron chi connectivity index (χ4n) is 3.24. The standard InChI is InChI=1S/C14H30N2.C7H7NO.C2H6/c1-4-11-16(12-5-6-13(2)3)14-7-9-15-10-8-14;9-6-8-7-4-2-1-3-5-7;1-2/h13-15H,4-12H2,1-3H3;1-6H,(H,8,9);1-2H3. The Kier molecular flexibility index (Phi) is 17.1. The van der Waals surface area contributed by atoms with Crippen LogP contribution in [-0.2, 0) is 4.79 Å². The molecule has 0 aliphatic carbocycles. The highest BCUT2D eigenvalue weighted by Gasteiger charge is 2.19. The van der Waals surface area contributed by atoms with Crippen molar-refractivity contribution in [1.29, 1.82) is 0 Å². The summed E-state index contributed by atoms with van der Waals surface area (Å²) < 4.78 is 0. The van der Waals surface area contributed by atoms with Gasteiger partial charge >= 0.3 is 0 Å². The van der Waals surface area contributed by atoms with E-state index in [1.54, 1.807) is 0 Å². The smallest absolute Gasteiger partial charge is 0.211 e. The van der Waals surface area contributed by atoms with Gasteiger partial charge in [0.15, 0.2) is 0 Å². The number of piperidine rings is 1. The Morgan fingerprint density at radius 1 is 1.15 bits per heavy atom. The third kappa shape index (κ3) is 13.4. The molecule has 0 bridgehead atoms. The molecule has 0 saturated carbocycles. The quantitative estimate of drug-likeness (QED) is 0.584. The molecule has 1 heterocycles. The molecule has 27 heavy (non-hydrogen) atoms. The van der Waals surface area contributed by atoms with Crippen LogP contribution in [0.3, 0.4) is 0 Å². The van der Waals surface area contributed by atoms with Gasteiger partial charge in [-0.05, 0) is 76.3 Å². The van der Waals surface area contributed by atoms with Gasteiger partial charge < -0.3 is 15.5 Å². The SMILES string of the molecule is CC.CCCN(CCCC(C)C)C1CCNCC1.O=CNc1ccccc1.